The minimum absolute atomic E-state index is 0.0511. The lowest BCUT2D eigenvalue weighted by molar-refractivity contribution is -0.623. The molecule has 0 bridgehead atoms. The van der Waals surface area contributed by atoms with Crippen LogP contribution >= 0.6 is 0 Å². The van der Waals surface area contributed by atoms with Crippen molar-refractivity contribution in [2.24, 2.45) is 21.9 Å². The molecule has 0 aromatic heterocycles. The van der Waals surface area contributed by atoms with Crippen LogP contribution in [-0.4, -0.2) is 92.0 Å². The number of nitrogens with zero attached hydrogens (tertiary/aromatic N) is 3. The Morgan fingerprint density at radius 2 is 1.92 bits per heavy atom. The second-order valence-corrected chi connectivity index (χ2v) is 12.0. The van der Waals surface area contributed by atoms with E-state index in [1.165, 1.54) is 4.58 Å². The number of guanidine groups is 2. The highest BCUT2D eigenvalue weighted by Gasteiger charge is 2.75. The number of imide groups is 1. The fourth-order valence-electron chi connectivity index (χ4n) is 6.94. The molecule has 4 aliphatic heterocycles. The van der Waals surface area contributed by atoms with Gasteiger partial charge in [0.05, 0.1) is 13.1 Å². The lowest BCUT2D eigenvalue weighted by Crippen LogP contribution is -2.79. The lowest BCUT2D eigenvalue weighted by atomic mass is 9.73. The third-order valence-electron chi connectivity index (χ3n) is 8.95. The minimum Gasteiger partial charge on any atom is -0.370 e. The van der Waals surface area contributed by atoms with Crippen molar-refractivity contribution in [1.82, 2.24) is 20.9 Å². The van der Waals surface area contributed by atoms with Crippen LogP contribution in [0.15, 0.2) is 23.2 Å². The molecule has 0 saturated carbocycles. The van der Waals surface area contributed by atoms with Gasteiger partial charge in [0.1, 0.15) is 18.1 Å². The number of nitrogens with one attached hydrogen (secondary N) is 3. The number of aliphatic imine (C=N–C) groups is 1. The fourth-order valence-corrected chi connectivity index (χ4v) is 6.94. The van der Waals surface area contributed by atoms with E-state index in [1.807, 2.05) is 12.1 Å². The van der Waals surface area contributed by atoms with Crippen molar-refractivity contribution in [3.05, 3.63) is 34.9 Å². The van der Waals surface area contributed by atoms with Gasteiger partial charge in [-0.25, -0.2) is 9.57 Å². The summed E-state index contributed by atoms with van der Waals surface area (Å²) in [5.41, 5.74) is 13.4. The third-order valence-corrected chi connectivity index (χ3v) is 8.95. The first-order valence-corrected chi connectivity index (χ1v) is 13.3. The number of aliphatic hydroxyl groups is 2. The average molecular weight is 540 g/mol. The molecular weight excluding hydrogens is 504 g/mol. The Hall–Kier alpha value is -3.71. The summed E-state index contributed by atoms with van der Waals surface area (Å²) in [6.07, 6.45) is 2.79. The van der Waals surface area contributed by atoms with Crippen LogP contribution in [0, 0.1) is 5.41 Å². The van der Waals surface area contributed by atoms with Crippen LogP contribution in [0.25, 0.3) is 0 Å². The van der Waals surface area contributed by atoms with Gasteiger partial charge in [0.15, 0.2) is 5.96 Å². The number of benzene rings is 1. The van der Waals surface area contributed by atoms with E-state index in [0.29, 0.717) is 5.56 Å². The molecule has 1 unspecified atom stereocenters. The second-order valence-electron chi connectivity index (χ2n) is 12.0. The SMILES string of the molecule is CC1(C)CCc2c(cccc2C(=O)NC2C[N+]3=C(N)N[C@@H](CN4C(=O)CCC4=O)[C@@H]4N=C(N)N[C@@]43C2(O)O)C1. The Kier molecular flexibility index (Phi) is 5.50. The maximum absolute atomic E-state index is 13.6. The molecule has 5 aliphatic rings. The van der Waals surface area contributed by atoms with Gasteiger partial charge in [0, 0.05) is 18.4 Å². The third kappa shape index (κ3) is 3.70. The normalized spacial score (nSPS) is 32.2. The fraction of sp³-hybridized carbons (Fsp3) is 0.577. The molecule has 13 heteroatoms. The molecule has 4 atom stereocenters. The predicted molar refractivity (Wildman–Crippen MR) is 139 cm³/mol. The summed E-state index contributed by atoms with van der Waals surface area (Å²) < 4.78 is 1.50. The first kappa shape index (κ1) is 25.6. The van der Waals surface area contributed by atoms with Gasteiger partial charge >= 0.3 is 5.96 Å². The van der Waals surface area contributed by atoms with E-state index in [1.54, 1.807) is 6.07 Å². The average Bonchev–Trinajstić information content (AvgIpc) is 3.45. The lowest BCUT2D eigenvalue weighted by Gasteiger charge is -2.44. The van der Waals surface area contributed by atoms with Gasteiger partial charge in [0.2, 0.25) is 23.3 Å². The Bertz CT molecular complexity index is 1340. The highest BCUT2D eigenvalue weighted by molar-refractivity contribution is 6.02. The van der Waals surface area contributed by atoms with Crippen molar-refractivity contribution in [3.63, 3.8) is 0 Å². The van der Waals surface area contributed by atoms with Crippen LogP contribution in [0.3, 0.4) is 0 Å². The van der Waals surface area contributed by atoms with Crippen LogP contribution in [0.5, 0.6) is 0 Å². The molecule has 0 radical (unpaired) electrons. The number of amides is 3. The summed E-state index contributed by atoms with van der Waals surface area (Å²) in [7, 11) is 0. The zero-order valence-electron chi connectivity index (χ0n) is 22.0. The molecular formula is C26H35N8O5+. The molecule has 13 nitrogen and oxygen atoms in total. The number of rotatable bonds is 4. The van der Waals surface area contributed by atoms with E-state index in [0.717, 1.165) is 35.3 Å². The first-order chi connectivity index (χ1) is 18.3. The standard InChI is InChI=1S/C26H34N8O5/c1-24(2)9-8-14-13(10-24)4-3-5-15(14)21(37)30-17-12-34-23(28)29-16(11-33-18(35)6-7-19(33)36)20-25(34,26(17,38)39)32-22(27)31-20/h3-5,16-17,20,38-39H,6-12H2,1-2H3,(H6,27,28,29,30,31,32,37)/p+1/t16-,17?,20-,25-/m0/s1. The highest BCUT2D eigenvalue weighted by Crippen LogP contribution is 2.42. The topological polar surface area (TPSA) is 198 Å². The first-order valence-electron chi connectivity index (χ1n) is 13.3. The van der Waals surface area contributed by atoms with Crippen LogP contribution in [0.2, 0.25) is 0 Å². The molecule has 3 amide bonds. The van der Waals surface area contributed by atoms with Gasteiger partial charge in [-0.3, -0.25) is 30.3 Å². The van der Waals surface area contributed by atoms with Crippen molar-refractivity contribution in [2.45, 2.75) is 75.5 Å². The van der Waals surface area contributed by atoms with Crippen molar-refractivity contribution >= 4 is 29.6 Å². The van der Waals surface area contributed by atoms with Gasteiger partial charge < -0.3 is 26.6 Å². The van der Waals surface area contributed by atoms with E-state index in [9.17, 15) is 24.6 Å². The number of hydrogen-bond donors (Lipinski definition) is 7. The quantitative estimate of drug-likeness (QED) is 0.122. The second kappa shape index (κ2) is 8.39. The van der Waals surface area contributed by atoms with Gasteiger partial charge in [-0.15, -0.1) is 0 Å². The Morgan fingerprint density at radius 3 is 2.64 bits per heavy atom. The van der Waals surface area contributed by atoms with Crippen molar-refractivity contribution in [1.29, 1.82) is 0 Å². The molecule has 4 heterocycles. The number of nitrogens with two attached hydrogens (primary N) is 2. The molecule has 39 heavy (non-hydrogen) atoms. The smallest absolute Gasteiger partial charge is 0.346 e. The van der Waals surface area contributed by atoms with Gasteiger partial charge in [-0.1, -0.05) is 26.0 Å². The summed E-state index contributed by atoms with van der Waals surface area (Å²) in [5, 5.41) is 32.2. The molecule has 1 aliphatic carbocycles. The van der Waals surface area contributed by atoms with E-state index in [-0.39, 0.29) is 55.1 Å². The maximum atomic E-state index is 13.6. The zero-order valence-corrected chi connectivity index (χ0v) is 22.0. The molecule has 1 aromatic carbocycles. The number of hydrogen-bond acceptors (Lipinski definition) is 10. The molecule has 1 aromatic rings. The summed E-state index contributed by atoms with van der Waals surface area (Å²) >= 11 is 0. The van der Waals surface area contributed by atoms with Crippen molar-refractivity contribution in [3.8, 4) is 0 Å². The molecule has 1 spiro atoms. The summed E-state index contributed by atoms with van der Waals surface area (Å²) in [6, 6.07) is 2.76. The molecule has 6 rings (SSSR count). The van der Waals surface area contributed by atoms with E-state index < -0.39 is 35.5 Å². The van der Waals surface area contributed by atoms with Crippen molar-refractivity contribution < 1.29 is 29.2 Å². The number of carbonyl (C=O) groups is 3. The van der Waals surface area contributed by atoms with Crippen LogP contribution in [0.1, 0.15) is 54.6 Å². The molecule has 2 fully saturated rings. The van der Waals surface area contributed by atoms with E-state index in [4.69, 9.17) is 11.5 Å². The Balaban J connectivity index is 1.30. The van der Waals surface area contributed by atoms with Crippen LogP contribution in [0.4, 0.5) is 0 Å². The van der Waals surface area contributed by atoms with E-state index in [2.05, 4.69) is 34.8 Å². The zero-order chi connectivity index (χ0) is 27.9. The summed E-state index contributed by atoms with van der Waals surface area (Å²) in [4.78, 5) is 43.7. The largest absolute Gasteiger partial charge is 0.370 e. The highest BCUT2D eigenvalue weighted by atomic mass is 16.5. The minimum atomic E-state index is -2.58. The summed E-state index contributed by atoms with van der Waals surface area (Å²) in [5.74, 6) is -3.60. The predicted octanol–water partition coefficient (Wildman–Crippen LogP) is -2.57. The van der Waals surface area contributed by atoms with Crippen LogP contribution in [-0.2, 0) is 22.4 Å². The Labute approximate surface area is 225 Å². The number of likely N-dealkylation sites (tertiary alicyclic amines) is 1. The monoisotopic (exact) mass is 539 g/mol. The number of carbonyl (C=O) groups excluding carboxylic acids is 3. The summed E-state index contributed by atoms with van der Waals surface area (Å²) in [6.45, 7) is 4.29. The molecule has 9 N–H and O–H groups in total. The maximum Gasteiger partial charge on any atom is 0.346 e. The van der Waals surface area contributed by atoms with Gasteiger partial charge in [-0.2, -0.15) is 0 Å². The van der Waals surface area contributed by atoms with Gasteiger partial charge in [-0.05, 0) is 41.9 Å². The molecule has 2 saturated heterocycles. The molecule has 208 valence electrons. The Morgan fingerprint density at radius 1 is 1.21 bits per heavy atom. The van der Waals surface area contributed by atoms with Crippen molar-refractivity contribution in [2.75, 3.05) is 13.1 Å². The van der Waals surface area contributed by atoms with Gasteiger partial charge in [0.25, 0.3) is 5.91 Å². The van der Waals surface area contributed by atoms with Crippen LogP contribution < -0.4 is 27.4 Å². The number of fused-ring (bicyclic) bond motifs is 1. The van der Waals surface area contributed by atoms with E-state index >= 15 is 0 Å².